The van der Waals surface area contributed by atoms with Gasteiger partial charge in [0, 0.05) is 38.1 Å². The fourth-order valence-electron chi connectivity index (χ4n) is 3.58. The molecule has 1 aromatic heterocycles. The number of aromatic nitrogens is 2. The summed E-state index contributed by atoms with van der Waals surface area (Å²) in [7, 11) is 0. The van der Waals surface area contributed by atoms with E-state index in [1.54, 1.807) is 0 Å². The molecular weight excluding hydrogens is 290 g/mol. The summed E-state index contributed by atoms with van der Waals surface area (Å²) in [5.74, 6) is 1.30. The molecule has 0 radical (unpaired) electrons. The number of hydrogen-bond donors (Lipinski definition) is 0. The lowest BCUT2D eigenvalue weighted by atomic mass is 9.95. The summed E-state index contributed by atoms with van der Waals surface area (Å²) in [4.78, 5) is 19.5. The van der Waals surface area contributed by atoms with Crippen LogP contribution >= 0.6 is 0 Å². The van der Waals surface area contributed by atoms with Crippen LogP contribution in [0.3, 0.4) is 0 Å². The molecule has 4 rings (SSSR count). The zero-order valence-electron chi connectivity index (χ0n) is 13.1. The Morgan fingerprint density at radius 2 is 1.96 bits per heavy atom. The molecule has 3 heterocycles. The second-order valence-corrected chi connectivity index (χ2v) is 6.28. The number of hydrogen-bond acceptors (Lipinski definition) is 3. The second kappa shape index (κ2) is 6.16. The molecule has 0 spiro atoms. The van der Waals surface area contributed by atoms with Crippen molar-refractivity contribution >= 4 is 5.91 Å². The molecule has 1 saturated heterocycles. The van der Waals surface area contributed by atoms with Gasteiger partial charge in [0.25, 0.3) is 0 Å². The van der Waals surface area contributed by atoms with Crippen molar-refractivity contribution in [2.75, 3.05) is 13.2 Å². The van der Waals surface area contributed by atoms with E-state index in [-0.39, 0.29) is 17.9 Å². The van der Waals surface area contributed by atoms with Crippen molar-refractivity contribution in [3.8, 4) is 0 Å². The highest BCUT2D eigenvalue weighted by Gasteiger charge is 2.35. The van der Waals surface area contributed by atoms with Gasteiger partial charge in [0.15, 0.2) is 0 Å². The van der Waals surface area contributed by atoms with E-state index in [4.69, 9.17) is 4.74 Å². The fourth-order valence-corrected chi connectivity index (χ4v) is 3.58. The maximum atomic E-state index is 13.1. The van der Waals surface area contributed by atoms with Gasteiger partial charge in [0.2, 0.25) is 5.91 Å². The lowest BCUT2D eigenvalue weighted by molar-refractivity contribution is -0.143. The van der Waals surface area contributed by atoms with E-state index < -0.39 is 0 Å². The van der Waals surface area contributed by atoms with Crippen molar-refractivity contribution in [2.24, 2.45) is 5.92 Å². The van der Waals surface area contributed by atoms with Crippen LogP contribution < -0.4 is 0 Å². The average Bonchev–Trinajstić information content (AvgIpc) is 3.09. The van der Waals surface area contributed by atoms with Gasteiger partial charge in [-0.3, -0.25) is 4.79 Å². The summed E-state index contributed by atoms with van der Waals surface area (Å²) in [6.45, 7) is 2.74. The highest BCUT2D eigenvalue weighted by atomic mass is 16.5. The Labute approximate surface area is 135 Å². The first-order valence-corrected chi connectivity index (χ1v) is 8.26. The van der Waals surface area contributed by atoms with Crippen LogP contribution in [0.1, 0.15) is 30.3 Å². The van der Waals surface area contributed by atoms with Gasteiger partial charge < -0.3 is 14.2 Å². The van der Waals surface area contributed by atoms with E-state index in [1.165, 1.54) is 5.56 Å². The zero-order chi connectivity index (χ0) is 15.6. The Morgan fingerprint density at radius 3 is 2.74 bits per heavy atom. The third kappa shape index (κ3) is 2.77. The average molecular weight is 311 g/mol. The number of fused-ring (bicyclic) bond motifs is 1. The first kappa shape index (κ1) is 14.5. The lowest BCUT2D eigenvalue weighted by Crippen LogP contribution is -2.45. The minimum absolute atomic E-state index is 0.0771. The fraction of sp³-hybridized carbons (Fsp3) is 0.444. The summed E-state index contributed by atoms with van der Waals surface area (Å²) >= 11 is 0. The first-order valence-electron chi connectivity index (χ1n) is 8.26. The van der Waals surface area contributed by atoms with Crippen molar-refractivity contribution < 1.29 is 9.53 Å². The van der Waals surface area contributed by atoms with Crippen LogP contribution in [-0.4, -0.2) is 33.6 Å². The normalized spacial score (nSPS) is 21.9. The van der Waals surface area contributed by atoms with E-state index in [9.17, 15) is 4.79 Å². The molecule has 1 amide bonds. The number of benzene rings is 1. The maximum absolute atomic E-state index is 13.1. The number of carbonyl (C=O) groups excluding carboxylic acids is 1. The van der Waals surface area contributed by atoms with Crippen molar-refractivity contribution in [1.29, 1.82) is 0 Å². The van der Waals surface area contributed by atoms with Crippen molar-refractivity contribution in [3.63, 3.8) is 0 Å². The summed E-state index contributed by atoms with van der Waals surface area (Å²) < 4.78 is 7.56. The molecule has 1 fully saturated rings. The number of imidazole rings is 1. The molecule has 1 atom stereocenters. The number of nitrogens with zero attached hydrogens (tertiary/aromatic N) is 3. The molecule has 1 unspecified atom stereocenters. The predicted molar refractivity (Wildman–Crippen MR) is 85.5 cm³/mol. The van der Waals surface area contributed by atoms with Gasteiger partial charge in [0.05, 0.1) is 12.6 Å². The molecule has 5 nitrogen and oxygen atoms in total. The Bertz CT molecular complexity index is 677. The Morgan fingerprint density at radius 1 is 1.17 bits per heavy atom. The largest absolute Gasteiger partial charge is 0.381 e. The van der Waals surface area contributed by atoms with Crippen molar-refractivity contribution in [1.82, 2.24) is 14.5 Å². The highest BCUT2D eigenvalue weighted by molar-refractivity contribution is 5.79. The molecule has 120 valence electrons. The standard InChI is InChI=1S/C18H21N3O2/c22-18(15-6-10-23-11-7-15)21-13-17-19-8-9-20(17)12-16(21)14-4-2-1-3-5-14/h1-5,8-9,15-16H,6-7,10-13H2. The van der Waals surface area contributed by atoms with Crippen LogP contribution in [0.5, 0.6) is 0 Å². The van der Waals surface area contributed by atoms with Gasteiger partial charge in [-0.25, -0.2) is 4.98 Å². The van der Waals surface area contributed by atoms with Crippen LogP contribution in [0.4, 0.5) is 0 Å². The smallest absolute Gasteiger partial charge is 0.226 e. The van der Waals surface area contributed by atoms with Gasteiger partial charge in [-0.05, 0) is 18.4 Å². The molecule has 2 aliphatic heterocycles. The minimum atomic E-state index is 0.0771. The monoisotopic (exact) mass is 311 g/mol. The second-order valence-electron chi connectivity index (χ2n) is 6.28. The van der Waals surface area contributed by atoms with Gasteiger partial charge in [0.1, 0.15) is 5.82 Å². The zero-order valence-corrected chi connectivity index (χ0v) is 13.1. The summed E-state index contributed by atoms with van der Waals surface area (Å²) in [6, 6.07) is 10.4. The van der Waals surface area contributed by atoms with Gasteiger partial charge in [-0.15, -0.1) is 0 Å². The van der Waals surface area contributed by atoms with E-state index in [2.05, 4.69) is 21.7 Å². The number of rotatable bonds is 2. The summed E-state index contributed by atoms with van der Waals surface area (Å²) in [6.07, 6.45) is 5.47. The van der Waals surface area contributed by atoms with Crippen LogP contribution in [0.15, 0.2) is 42.7 Å². The van der Waals surface area contributed by atoms with E-state index in [0.717, 1.165) is 25.2 Å². The molecule has 23 heavy (non-hydrogen) atoms. The van der Waals surface area contributed by atoms with Crippen molar-refractivity contribution in [3.05, 3.63) is 54.1 Å². The minimum Gasteiger partial charge on any atom is -0.381 e. The summed E-state index contributed by atoms with van der Waals surface area (Å²) in [5.41, 5.74) is 1.19. The van der Waals surface area contributed by atoms with Gasteiger partial charge in [-0.2, -0.15) is 0 Å². The third-order valence-electron chi connectivity index (χ3n) is 4.90. The van der Waals surface area contributed by atoms with Crippen LogP contribution in [0, 0.1) is 5.92 Å². The predicted octanol–water partition coefficient (Wildman–Crippen LogP) is 2.39. The molecular formula is C18H21N3O2. The van der Waals surface area contributed by atoms with E-state index >= 15 is 0 Å². The SMILES string of the molecule is O=C(C1CCOCC1)N1Cc2nccn2CC1c1ccccc1. The highest BCUT2D eigenvalue weighted by Crippen LogP contribution is 2.32. The topological polar surface area (TPSA) is 47.4 Å². The number of carbonyl (C=O) groups is 1. The molecule has 2 aromatic rings. The van der Waals surface area contributed by atoms with Gasteiger partial charge in [-0.1, -0.05) is 30.3 Å². The Hall–Kier alpha value is -2.14. The molecule has 0 N–H and O–H groups in total. The quantitative estimate of drug-likeness (QED) is 0.855. The van der Waals surface area contributed by atoms with Crippen molar-refractivity contribution in [2.45, 2.75) is 32.0 Å². The van der Waals surface area contributed by atoms with Crippen LogP contribution in [0.2, 0.25) is 0 Å². The molecule has 5 heteroatoms. The van der Waals surface area contributed by atoms with E-state index in [1.807, 2.05) is 35.5 Å². The van der Waals surface area contributed by atoms with E-state index in [0.29, 0.717) is 19.8 Å². The molecule has 0 bridgehead atoms. The lowest BCUT2D eigenvalue weighted by Gasteiger charge is -2.39. The molecule has 0 saturated carbocycles. The van der Waals surface area contributed by atoms with Crippen LogP contribution in [0.25, 0.3) is 0 Å². The van der Waals surface area contributed by atoms with Crippen LogP contribution in [-0.2, 0) is 22.6 Å². The number of ether oxygens (including phenoxy) is 1. The first-order chi connectivity index (χ1) is 11.3. The van der Waals surface area contributed by atoms with Gasteiger partial charge >= 0.3 is 0 Å². The number of amides is 1. The molecule has 0 aliphatic carbocycles. The summed E-state index contributed by atoms with van der Waals surface area (Å²) in [5, 5.41) is 0. The Kier molecular flexibility index (Phi) is 3.87. The third-order valence-corrected chi connectivity index (χ3v) is 4.90. The maximum Gasteiger partial charge on any atom is 0.226 e. The molecule has 2 aliphatic rings. The Balaban J connectivity index is 1.65. The molecule has 1 aromatic carbocycles.